The van der Waals surface area contributed by atoms with Crippen LogP contribution in [-0.2, 0) is 4.79 Å². The second-order valence-electron chi connectivity index (χ2n) is 6.60. The average Bonchev–Trinajstić information content (AvgIpc) is 3.10. The molecule has 1 saturated heterocycles. The Bertz CT molecular complexity index is 515. The third-order valence-corrected chi connectivity index (χ3v) is 4.87. The molecule has 23 heavy (non-hydrogen) atoms. The minimum absolute atomic E-state index is 0.0549. The number of rotatable bonds is 4. The maximum atomic E-state index is 12.2. The molecule has 2 amide bonds. The van der Waals surface area contributed by atoms with E-state index in [1.54, 1.807) is 17.0 Å². The molecule has 2 aliphatic rings. The zero-order chi connectivity index (χ0) is 16.1. The monoisotopic (exact) mass is 320 g/mol. The van der Waals surface area contributed by atoms with Gasteiger partial charge in [0.1, 0.15) is 0 Å². The molecule has 0 bridgehead atoms. The van der Waals surface area contributed by atoms with E-state index in [2.05, 4.69) is 5.32 Å². The number of nitrogens with zero attached hydrogens (tertiary/aromatic N) is 1. The van der Waals surface area contributed by atoms with E-state index in [0.717, 1.165) is 25.9 Å². The Labute approximate surface area is 136 Å². The molecular formula is C17H26N3O3+. The van der Waals surface area contributed by atoms with Gasteiger partial charge in [-0.2, -0.15) is 0 Å². The number of nitrogens with one attached hydrogen (secondary N) is 2. The second-order valence-corrected chi connectivity index (χ2v) is 6.60. The van der Waals surface area contributed by atoms with E-state index in [0.29, 0.717) is 31.4 Å². The van der Waals surface area contributed by atoms with Crippen molar-refractivity contribution in [2.45, 2.75) is 38.1 Å². The van der Waals surface area contributed by atoms with Gasteiger partial charge in [-0.25, -0.2) is 0 Å². The Kier molecular flexibility index (Phi) is 5.33. The largest absolute Gasteiger partial charge is 0.459 e. The summed E-state index contributed by atoms with van der Waals surface area (Å²) >= 11 is 0. The van der Waals surface area contributed by atoms with Gasteiger partial charge in [0.2, 0.25) is 0 Å². The topological polar surface area (TPSA) is 67.0 Å². The highest BCUT2D eigenvalue weighted by molar-refractivity contribution is 5.91. The summed E-state index contributed by atoms with van der Waals surface area (Å²) in [5.74, 6) is 0.488. The van der Waals surface area contributed by atoms with Crippen molar-refractivity contribution >= 4 is 11.8 Å². The lowest BCUT2D eigenvalue weighted by Gasteiger charge is -2.32. The molecule has 2 fully saturated rings. The van der Waals surface area contributed by atoms with E-state index in [9.17, 15) is 9.59 Å². The van der Waals surface area contributed by atoms with Gasteiger partial charge in [0, 0.05) is 6.04 Å². The second kappa shape index (κ2) is 7.64. The van der Waals surface area contributed by atoms with Crippen LogP contribution < -0.4 is 10.2 Å². The lowest BCUT2D eigenvalue weighted by Crippen LogP contribution is -3.15. The molecule has 0 spiro atoms. The Morgan fingerprint density at radius 1 is 1.22 bits per heavy atom. The standard InChI is InChI=1S/C17H25N3O3/c21-16(18-14-5-2-1-3-6-14)13-19-8-10-20(11-9-19)17(22)15-7-4-12-23-15/h4,7,12,14H,1-3,5-6,8-11,13H2,(H,18,21)/p+1. The van der Waals surface area contributed by atoms with Crippen LogP contribution in [0.3, 0.4) is 0 Å². The van der Waals surface area contributed by atoms with Crippen LogP contribution in [0.15, 0.2) is 22.8 Å². The predicted octanol–water partition coefficient (Wildman–Crippen LogP) is 0.0692. The van der Waals surface area contributed by atoms with Gasteiger partial charge in [0.25, 0.3) is 11.8 Å². The van der Waals surface area contributed by atoms with E-state index in [1.165, 1.54) is 30.4 Å². The summed E-state index contributed by atoms with van der Waals surface area (Å²) in [7, 11) is 0. The maximum absolute atomic E-state index is 12.2. The molecule has 2 heterocycles. The first kappa shape index (κ1) is 16.1. The van der Waals surface area contributed by atoms with Gasteiger partial charge in [-0.3, -0.25) is 9.59 Å². The molecule has 0 unspecified atom stereocenters. The fourth-order valence-electron chi connectivity index (χ4n) is 3.51. The summed E-state index contributed by atoms with van der Waals surface area (Å²) in [6.07, 6.45) is 7.50. The van der Waals surface area contributed by atoms with Crippen molar-refractivity contribution < 1.29 is 18.9 Å². The molecule has 1 aromatic heterocycles. The van der Waals surface area contributed by atoms with Crippen LogP contribution in [0.25, 0.3) is 0 Å². The molecule has 0 aromatic carbocycles. The van der Waals surface area contributed by atoms with Gasteiger partial charge in [-0.15, -0.1) is 0 Å². The number of hydrogen-bond donors (Lipinski definition) is 2. The minimum Gasteiger partial charge on any atom is -0.459 e. The number of carbonyl (C=O) groups excluding carboxylic acids is 2. The van der Waals surface area contributed by atoms with Gasteiger partial charge in [0.05, 0.1) is 32.4 Å². The van der Waals surface area contributed by atoms with Gasteiger partial charge in [-0.1, -0.05) is 19.3 Å². The Balaban J connectivity index is 1.40. The Morgan fingerprint density at radius 2 is 1.96 bits per heavy atom. The van der Waals surface area contributed by atoms with E-state index in [1.807, 2.05) is 0 Å². The van der Waals surface area contributed by atoms with Crippen molar-refractivity contribution in [3.8, 4) is 0 Å². The van der Waals surface area contributed by atoms with Crippen LogP contribution in [0.4, 0.5) is 0 Å². The summed E-state index contributed by atoms with van der Waals surface area (Å²) in [5, 5.41) is 3.17. The number of amides is 2. The molecule has 0 atom stereocenters. The smallest absolute Gasteiger partial charge is 0.289 e. The SMILES string of the molecule is O=C(C[NH+]1CCN(C(=O)c2ccco2)CC1)NC1CCCCC1. The van der Waals surface area contributed by atoms with Crippen molar-refractivity contribution in [2.24, 2.45) is 0 Å². The number of hydrogen-bond acceptors (Lipinski definition) is 3. The zero-order valence-corrected chi connectivity index (χ0v) is 13.6. The third kappa shape index (κ3) is 4.34. The maximum Gasteiger partial charge on any atom is 0.289 e. The molecule has 1 aliphatic heterocycles. The molecule has 2 N–H and O–H groups in total. The van der Waals surface area contributed by atoms with Gasteiger partial charge in [-0.05, 0) is 25.0 Å². The molecular weight excluding hydrogens is 294 g/mol. The molecule has 0 radical (unpaired) electrons. The van der Waals surface area contributed by atoms with Crippen LogP contribution in [-0.4, -0.2) is 55.5 Å². The van der Waals surface area contributed by atoms with E-state index in [-0.39, 0.29) is 11.8 Å². The first-order chi connectivity index (χ1) is 11.2. The number of carbonyl (C=O) groups is 2. The van der Waals surface area contributed by atoms with Crippen molar-refractivity contribution in [3.05, 3.63) is 24.2 Å². The van der Waals surface area contributed by atoms with Crippen molar-refractivity contribution in [2.75, 3.05) is 32.7 Å². The molecule has 3 rings (SSSR count). The summed E-state index contributed by atoms with van der Waals surface area (Å²) in [4.78, 5) is 27.4. The highest BCUT2D eigenvalue weighted by Crippen LogP contribution is 2.17. The first-order valence-electron chi connectivity index (χ1n) is 8.68. The van der Waals surface area contributed by atoms with Crippen LogP contribution in [0, 0.1) is 0 Å². The summed E-state index contributed by atoms with van der Waals surface area (Å²) in [6.45, 7) is 3.48. The summed E-state index contributed by atoms with van der Waals surface area (Å²) in [5.41, 5.74) is 0. The minimum atomic E-state index is -0.0549. The van der Waals surface area contributed by atoms with E-state index in [4.69, 9.17) is 4.42 Å². The number of furan rings is 1. The highest BCUT2D eigenvalue weighted by Gasteiger charge is 2.27. The Morgan fingerprint density at radius 3 is 2.61 bits per heavy atom. The van der Waals surface area contributed by atoms with Crippen molar-refractivity contribution in [1.29, 1.82) is 0 Å². The van der Waals surface area contributed by atoms with Gasteiger partial charge >= 0.3 is 0 Å². The normalized spacial score (nSPS) is 20.4. The van der Waals surface area contributed by atoms with Crippen LogP contribution in [0.5, 0.6) is 0 Å². The van der Waals surface area contributed by atoms with Crippen molar-refractivity contribution in [1.82, 2.24) is 10.2 Å². The van der Waals surface area contributed by atoms with Crippen LogP contribution >= 0.6 is 0 Å². The number of quaternary nitrogens is 1. The predicted molar refractivity (Wildman–Crippen MR) is 85.2 cm³/mol. The lowest BCUT2D eigenvalue weighted by atomic mass is 9.95. The molecule has 6 nitrogen and oxygen atoms in total. The fourth-order valence-corrected chi connectivity index (χ4v) is 3.51. The summed E-state index contributed by atoms with van der Waals surface area (Å²) in [6, 6.07) is 3.79. The van der Waals surface area contributed by atoms with Gasteiger partial charge < -0.3 is 19.5 Å². The first-order valence-corrected chi connectivity index (χ1v) is 8.68. The molecule has 1 aliphatic carbocycles. The van der Waals surface area contributed by atoms with Crippen LogP contribution in [0.1, 0.15) is 42.7 Å². The van der Waals surface area contributed by atoms with Gasteiger partial charge in [0.15, 0.2) is 12.3 Å². The molecule has 1 aromatic rings. The highest BCUT2D eigenvalue weighted by atomic mass is 16.3. The van der Waals surface area contributed by atoms with E-state index >= 15 is 0 Å². The quantitative estimate of drug-likeness (QED) is 0.825. The average molecular weight is 320 g/mol. The Hall–Kier alpha value is -1.82. The summed E-state index contributed by atoms with van der Waals surface area (Å²) < 4.78 is 5.16. The molecule has 6 heteroatoms. The van der Waals surface area contributed by atoms with Crippen LogP contribution in [0.2, 0.25) is 0 Å². The third-order valence-electron chi connectivity index (χ3n) is 4.87. The molecule has 126 valence electrons. The number of piperazine rings is 1. The molecule has 1 saturated carbocycles. The van der Waals surface area contributed by atoms with Crippen molar-refractivity contribution in [3.63, 3.8) is 0 Å². The lowest BCUT2D eigenvalue weighted by molar-refractivity contribution is -0.896. The zero-order valence-electron chi connectivity index (χ0n) is 13.6. The fraction of sp³-hybridized carbons (Fsp3) is 0.647. The van der Waals surface area contributed by atoms with E-state index < -0.39 is 0 Å².